The standard InChI is InChI=1S/C12H19NO5/c14-7-8(10(15)16)13-11(17)12-4-2-1-3-9(12)18-6-5-12/h8-9,14H,1-7H2,(H,13,17)(H,15,16). The number of aliphatic carboxylic acids is 1. The molecule has 1 amide bonds. The maximum atomic E-state index is 12.3. The first-order valence-corrected chi connectivity index (χ1v) is 6.36. The van der Waals surface area contributed by atoms with Gasteiger partial charge in [-0.15, -0.1) is 0 Å². The second kappa shape index (κ2) is 5.24. The van der Waals surface area contributed by atoms with E-state index in [9.17, 15) is 9.59 Å². The molecule has 6 heteroatoms. The van der Waals surface area contributed by atoms with Crippen LogP contribution >= 0.6 is 0 Å². The van der Waals surface area contributed by atoms with Crippen LogP contribution in [-0.2, 0) is 14.3 Å². The first-order chi connectivity index (χ1) is 8.60. The van der Waals surface area contributed by atoms with E-state index in [4.69, 9.17) is 14.9 Å². The lowest BCUT2D eigenvalue weighted by Gasteiger charge is -2.37. The second-order valence-corrected chi connectivity index (χ2v) is 5.06. The lowest BCUT2D eigenvalue weighted by atomic mass is 9.70. The van der Waals surface area contributed by atoms with Crippen molar-refractivity contribution >= 4 is 11.9 Å². The van der Waals surface area contributed by atoms with Gasteiger partial charge in [-0.3, -0.25) is 4.79 Å². The van der Waals surface area contributed by atoms with Crippen LogP contribution in [0, 0.1) is 5.41 Å². The zero-order valence-electron chi connectivity index (χ0n) is 10.2. The van der Waals surface area contributed by atoms with Crippen LogP contribution < -0.4 is 5.32 Å². The average molecular weight is 257 g/mol. The van der Waals surface area contributed by atoms with Gasteiger partial charge in [-0.25, -0.2) is 4.79 Å². The van der Waals surface area contributed by atoms with Crippen molar-refractivity contribution < 1.29 is 24.5 Å². The average Bonchev–Trinajstić information content (AvgIpc) is 2.80. The number of hydrogen-bond donors (Lipinski definition) is 3. The molecule has 2 fully saturated rings. The molecule has 3 atom stereocenters. The van der Waals surface area contributed by atoms with E-state index in [1.807, 2.05) is 0 Å². The molecular formula is C12H19NO5. The molecule has 2 aliphatic rings. The Morgan fingerprint density at radius 1 is 1.39 bits per heavy atom. The molecule has 0 spiro atoms. The molecule has 18 heavy (non-hydrogen) atoms. The number of fused-ring (bicyclic) bond motifs is 1. The van der Waals surface area contributed by atoms with E-state index >= 15 is 0 Å². The maximum Gasteiger partial charge on any atom is 0.328 e. The molecule has 3 unspecified atom stereocenters. The number of rotatable bonds is 4. The van der Waals surface area contributed by atoms with Crippen molar-refractivity contribution in [1.82, 2.24) is 5.32 Å². The predicted molar refractivity (Wildman–Crippen MR) is 61.9 cm³/mol. The van der Waals surface area contributed by atoms with E-state index in [2.05, 4.69) is 5.32 Å². The fraction of sp³-hybridized carbons (Fsp3) is 0.833. The van der Waals surface area contributed by atoms with E-state index in [-0.39, 0.29) is 12.0 Å². The molecular weight excluding hydrogens is 238 g/mol. The first kappa shape index (κ1) is 13.3. The Bertz CT molecular complexity index is 345. The molecule has 1 aliphatic heterocycles. The molecule has 6 nitrogen and oxygen atoms in total. The Morgan fingerprint density at radius 3 is 2.83 bits per heavy atom. The van der Waals surface area contributed by atoms with Crippen LogP contribution in [0.1, 0.15) is 32.1 Å². The third-order valence-electron chi connectivity index (χ3n) is 4.06. The summed E-state index contributed by atoms with van der Waals surface area (Å²) in [6.07, 6.45) is 4.14. The number of aliphatic hydroxyl groups is 1. The number of hydrogen-bond acceptors (Lipinski definition) is 4. The number of nitrogens with one attached hydrogen (secondary N) is 1. The Balaban J connectivity index is 2.09. The van der Waals surface area contributed by atoms with Crippen molar-refractivity contribution in [2.45, 2.75) is 44.2 Å². The van der Waals surface area contributed by atoms with Crippen molar-refractivity contribution in [3.05, 3.63) is 0 Å². The molecule has 0 aromatic heterocycles. The number of carbonyl (C=O) groups excluding carboxylic acids is 1. The lowest BCUT2D eigenvalue weighted by Crippen LogP contribution is -2.53. The number of aliphatic hydroxyl groups excluding tert-OH is 1. The SMILES string of the molecule is O=C(O)C(CO)NC(=O)C12CCCCC1OCC2. The van der Waals surface area contributed by atoms with Crippen LogP contribution in [0.2, 0.25) is 0 Å². The van der Waals surface area contributed by atoms with Gasteiger partial charge >= 0.3 is 5.97 Å². The van der Waals surface area contributed by atoms with E-state index in [0.29, 0.717) is 13.0 Å². The van der Waals surface area contributed by atoms with Gasteiger partial charge in [-0.05, 0) is 19.3 Å². The predicted octanol–water partition coefficient (Wildman–Crippen LogP) is -0.103. The summed E-state index contributed by atoms with van der Waals surface area (Å²) in [5, 5.41) is 20.2. The topological polar surface area (TPSA) is 95.9 Å². The van der Waals surface area contributed by atoms with Gasteiger partial charge in [0.1, 0.15) is 6.04 Å². The number of amides is 1. The van der Waals surface area contributed by atoms with Crippen LogP contribution in [0.3, 0.4) is 0 Å². The van der Waals surface area contributed by atoms with Crippen molar-refractivity contribution in [3.8, 4) is 0 Å². The highest BCUT2D eigenvalue weighted by Gasteiger charge is 2.51. The number of carbonyl (C=O) groups is 2. The first-order valence-electron chi connectivity index (χ1n) is 6.36. The van der Waals surface area contributed by atoms with Gasteiger partial charge in [0, 0.05) is 6.61 Å². The zero-order valence-corrected chi connectivity index (χ0v) is 10.2. The van der Waals surface area contributed by atoms with Crippen molar-refractivity contribution in [2.24, 2.45) is 5.41 Å². The summed E-state index contributed by atoms with van der Waals surface area (Å²) in [5.41, 5.74) is -0.582. The molecule has 0 aromatic rings. The number of ether oxygens (including phenoxy) is 1. The molecule has 0 radical (unpaired) electrons. The second-order valence-electron chi connectivity index (χ2n) is 5.06. The Kier molecular flexibility index (Phi) is 3.87. The summed E-state index contributed by atoms with van der Waals surface area (Å²) in [7, 11) is 0. The number of carboxylic acid groups (broad SMARTS) is 1. The van der Waals surface area contributed by atoms with E-state index in [0.717, 1.165) is 25.7 Å². The van der Waals surface area contributed by atoms with Crippen LogP contribution in [0.15, 0.2) is 0 Å². The summed E-state index contributed by atoms with van der Waals surface area (Å²) < 4.78 is 5.59. The summed E-state index contributed by atoms with van der Waals surface area (Å²) in [6.45, 7) is -0.0440. The molecule has 0 bridgehead atoms. The van der Waals surface area contributed by atoms with Gasteiger partial charge in [0.2, 0.25) is 5.91 Å². The summed E-state index contributed by atoms with van der Waals surface area (Å²) in [6, 6.07) is -1.23. The summed E-state index contributed by atoms with van der Waals surface area (Å²) in [4.78, 5) is 23.1. The fourth-order valence-corrected chi connectivity index (χ4v) is 2.98. The molecule has 1 aliphatic carbocycles. The lowest BCUT2D eigenvalue weighted by molar-refractivity contribution is -0.147. The van der Waals surface area contributed by atoms with Gasteiger partial charge in [0.15, 0.2) is 0 Å². The minimum atomic E-state index is -1.23. The number of carboxylic acids is 1. The normalized spacial score (nSPS) is 32.6. The molecule has 2 rings (SSSR count). The summed E-state index contributed by atoms with van der Waals surface area (Å²) in [5.74, 6) is -1.50. The highest BCUT2D eigenvalue weighted by molar-refractivity contribution is 5.88. The highest BCUT2D eigenvalue weighted by atomic mass is 16.5. The minimum Gasteiger partial charge on any atom is -0.480 e. The Hall–Kier alpha value is -1.14. The van der Waals surface area contributed by atoms with Crippen LogP contribution in [0.4, 0.5) is 0 Å². The van der Waals surface area contributed by atoms with Gasteiger partial charge in [-0.2, -0.15) is 0 Å². The minimum absolute atomic E-state index is 0.0978. The van der Waals surface area contributed by atoms with Crippen LogP contribution in [-0.4, -0.2) is 47.4 Å². The Labute approximate surface area is 105 Å². The molecule has 1 saturated carbocycles. The largest absolute Gasteiger partial charge is 0.480 e. The molecule has 1 heterocycles. The molecule has 3 N–H and O–H groups in total. The third-order valence-corrected chi connectivity index (χ3v) is 4.06. The van der Waals surface area contributed by atoms with Crippen LogP contribution in [0.25, 0.3) is 0 Å². The maximum absolute atomic E-state index is 12.3. The Morgan fingerprint density at radius 2 is 2.17 bits per heavy atom. The quantitative estimate of drug-likeness (QED) is 0.653. The van der Waals surface area contributed by atoms with Gasteiger partial charge in [0.05, 0.1) is 18.1 Å². The smallest absolute Gasteiger partial charge is 0.328 e. The van der Waals surface area contributed by atoms with E-state index in [1.165, 1.54) is 0 Å². The van der Waals surface area contributed by atoms with Gasteiger partial charge in [0.25, 0.3) is 0 Å². The third kappa shape index (κ3) is 2.22. The van der Waals surface area contributed by atoms with E-state index in [1.54, 1.807) is 0 Å². The van der Waals surface area contributed by atoms with E-state index < -0.39 is 24.0 Å². The van der Waals surface area contributed by atoms with Gasteiger partial charge in [-0.1, -0.05) is 12.8 Å². The highest BCUT2D eigenvalue weighted by Crippen LogP contribution is 2.45. The molecule has 0 aromatic carbocycles. The monoisotopic (exact) mass is 257 g/mol. The molecule has 1 saturated heterocycles. The zero-order chi connectivity index (χ0) is 13.2. The van der Waals surface area contributed by atoms with Crippen LogP contribution in [0.5, 0.6) is 0 Å². The van der Waals surface area contributed by atoms with Crippen molar-refractivity contribution in [2.75, 3.05) is 13.2 Å². The summed E-state index contributed by atoms with van der Waals surface area (Å²) >= 11 is 0. The molecule has 102 valence electrons. The van der Waals surface area contributed by atoms with Crippen molar-refractivity contribution in [1.29, 1.82) is 0 Å². The fourth-order valence-electron chi connectivity index (χ4n) is 2.98. The van der Waals surface area contributed by atoms with Crippen molar-refractivity contribution in [3.63, 3.8) is 0 Å². The van der Waals surface area contributed by atoms with Gasteiger partial charge < -0.3 is 20.3 Å².